The fourth-order valence-corrected chi connectivity index (χ4v) is 2.01. The molecule has 0 radical (unpaired) electrons. The van der Waals surface area contributed by atoms with E-state index in [1.54, 1.807) is 0 Å². The fourth-order valence-electron chi connectivity index (χ4n) is 2.01. The summed E-state index contributed by atoms with van der Waals surface area (Å²) in [6.45, 7) is 1.47. The van der Waals surface area contributed by atoms with Crippen LogP contribution in [-0.2, 0) is 0 Å². The standard InChI is InChI=1S/C13H11BF4/c1-8-5-10(12(17)6-11(8)16)14-13(18)4-2-3-9(15)7-13/h2-6,14H,7H2,1H3. The molecule has 1 aliphatic rings. The molecule has 0 amide bonds. The lowest BCUT2D eigenvalue weighted by atomic mass is 9.54. The highest BCUT2D eigenvalue weighted by molar-refractivity contribution is 6.57. The number of hydrogen-bond acceptors (Lipinski definition) is 0. The Hall–Kier alpha value is -1.52. The molecule has 1 aromatic rings. The van der Waals surface area contributed by atoms with Gasteiger partial charge >= 0.3 is 0 Å². The Labute approximate surface area is 103 Å². The van der Waals surface area contributed by atoms with Crippen LogP contribution in [0.2, 0.25) is 0 Å². The summed E-state index contributed by atoms with van der Waals surface area (Å²) in [6.07, 6.45) is 3.23. The number of alkyl halides is 1. The molecule has 0 saturated carbocycles. The van der Waals surface area contributed by atoms with Gasteiger partial charge in [0.05, 0.1) is 0 Å². The van der Waals surface area contributed by atoms with Crippen LogP contribution in [0.4, 0.5) is 17.6 Å². The molecule has 0 bridgehead atoms. The number of aryl methyl sites for hydroxylation is 1. The number of benzene rings is 1. The van der Waals surface area contributed by atoms with E-state index < -0.39 is 29.5 Å². The van der Waals surface area contributed by atoms with Crippen LogP contribution >= 0.6 is 0 Å². The molecule has 0 N–H and O–H groups in total. The topological polar surface area (TPSA) is 0 Å². The van der Waals surface area contributed by atoms with Crippen molar-refractivity contribution in [2.24, 2.45) is 0 Å². The van der Waals surface area contributed by atoms with E-state index in [9.17, 15) is 17.6 Å². The van der Waals surface area contributed by atoms with E-state index in [4.69, 9.17) is 0 Å². The maximum absolute atomic E-state index is 14.3. The molecule has 18 heavy (non-hydrogen) atoms. The molecule has 0 aliphatic heterocycles. The van der Waals surface area contributed by atoms with Crippen molar-refractivity contribution in [3.05, 3.63) is 53.4 Å². The van der Waals surface area contributed by atoms with E-state index in [2.05, 4.69) is 0 Å². The summed E-state index contributed by atoms with van der Waals surface area (Å²) in [5.41, 5.74) is -1.66. The van der Waals surface area contributed by atoms with Gasteiger partial charge in [0.2, 0.25) is 7.28 Å². The van der Waals surface area contributed by atoms with E-state index in [1.165, 1.54) is 31.2 Å². The van der Waals surface area contributed by atoms with Crippen molar-refractivity contribution in [2.75, 3.05) is 0 Å². The van der Waals surface area contributed by atoms with Crippen molar-refractivity contribution in [1.82, 2.24) is 0 Å². The molecular weight excluding hydrogens is 243 g/mol. The van der Waals surface area contributed by atoms with Crippen molar-refractivity contribution in [1.29, 1.82) is 0 Å². The molecule has 2 rings (SSSR count). The maximum atomic E-state index is 14.3. The smallest absolute Gasteiger partial charge is 0.213 e. The van der Waals surface area contributed by atoms with Gasteiger partial charge in [-0.05, 0) is 24.0 Å². The predicted molar refractivity (Wildman–Crippen MR) is 64.7 cm³/mol. The molecule has 1 aliphatic carbocycles. The first-order valence-electron chi connectivity index (χ1n) is 5.57. The van der Waals surface area contributed by atoms with Gasteiger partial charge in [0, 0.05) is 12.5 Å². The summed E-state index contributed by atoms with van der Waals surface area (Å²) < 4.78 is 53.9. The van der Waals surface area contributed by atoms with Crippen molar-refractivity contribution in [2.45, 2.75) is 18.9 Å². The minimum Gasteiger partial charge on any atom is -0.248 e. The molecule has 1 unspecified atom stereocenters. The molecule has 0 aromatic heterocycles. The summed E-state index contributed by atoms with van der Waals surface area (Å²) in [5.74, 6) is -2.06. The number of halogens is 4. The summed E-state index contributed by atoms with van der Waals surface area (Å²) in [5, 5.41) is 0. The van der Waals surface area contributed by atoms with Crippen LogP contribution in [0.25, 0.3) is 0 Å². The highest BCUT2D eigenvalue weighted by Gasteiger charge is 2.33. The second-order valence-electron chi connectivity index (χ2n) is 4.55. The van der Waals surface area contributed by atoms with E-state index in [0.29, 0.717) is 0 Å². The highest BCUT2D eigenvalue weighted by Crippen LogP contribution is 2.27. The zero-order valence-electron chi connectivity index (χ0n) is 9.81. The number of hydrogen-bond donors (Lipinski definition) is 0. The lowest BCUT2D eigenvalue weighted by molar-refractivity contribution is 0.316. The van der Waals surface area contributed by atoms with Gasteiger partial charge in [0.1, 0.15) is 23.0 Å². The SMILES string of the molecule is Cc1cc(BC2(F)C=CC=C(F)C2)c(F)cc1F. The molecule has 1 aromatic carbocycles. The molecule has 5 heteroatoms. The van der Waals surface area contributed by atoms with Gasteiger partial charge < -0.3 is 0 Å². The van der Waals surface area contributed by atoms with Crippen molar-refractivity contribution >= 4 is 12.7 Å². The van der Waals surface area contributed by atoms with Gasteiger partial charge in [0.15, 0.2) is 0 Å². The fraction of sp³-hybridized carbons (Fsp3) is 0.231. The molecular formula is C13H11BF4. The second kappa shape index (κ2) is 4.63. The van der Waals surface area contributed by atoms with Crippen LogP contribution in [0.1, 0.15) is 12.0 Å². The molecule has 0 spiro atoms. The Morgan fingerprint density at radius 3 is 2.56 bits per heavy atom. The summed E-state index contributed by atoms with van der Waals surface area (Å²) in [6, 6.07) is 1.99. The Balaban J connectivity index is 2.27. The van der Waals surface area contributed by atoms with Crippen LogP contribution in [0.15, 0.2) is 36.2 Å². The maximum Gasteiger partial charge on any atom is 0.213 e. The van der Waals surface area contributed by atoms with E-state index >= 15 is 0 Å². The van der Waals surface area contributed by atoms with Crippen molar-refractivity contribution < 1.29 is 17.6 Å². The molecule has 0 fully saturated rings. The van der Waals surface area contributed by atoms with Gasteiger partial charge in [0.25, 0.3) is 0 Å². The summed E-state index contributed by atoms with van der Waals surface area (Å²) in [7, 11) is -0.308. The average molecular weight is 254 g/mol. The second-order valence-corrected chi connectivity index (χ2v) is 4.55. The lowest BCUT2D eigenvalue weighted by Crippen LogP contribution is -2.39. The molecule has 0 nitrogen and oxygen atoms in total. The first kappa shape index (κ1) is 12.9. The monoisotopic (exact) mass is 254 g/mol. The Kier molecular flexibility index (Phi) is 3.33. The van der Waals surface area contributed by atoms with Gasteiger partial charge in [-0.3, -0.25) is 0 Å². The quantitative estimate of drug-likeness (QED) is 0.562. The highest BCUT2D eigenvalue weighted by atomic mass is 19.2. The van der Waals surface area contributed by atoms with Gasteiger partial charge in [-0.15, -0.1) is 0 Å². The van der Waals surface area contributed by atoms with Crippen molar-refractivity contribution in [3.63, 3.8) is 0 Å². The number of allylic oxidation sites excluding steroid dienone is 4. The van der Waals surface area contributed by atoms with Crippen LogP contribution in [0, 0.1) is 18.6 Å². The third kappa shape index (κ3) is 2.66. The normalized spacial score (nSPS) is 22.8. The Morgan fingerprint density at radius 2 is 1.89 bits per heavy atom. The first-order chi connectivity index (χ1) is 8.39. The van der Waals surface area contributed by atoms with E-state index in [-0.39, 0.29) is 18.3 Å². The summed E-state index contributed by atoms with van der Waals surface area (Å²) in [4.78, 5) is 0. The zero-order valence-corrected chi connectivity index (χ0v) is 9.81. The van der Waals surface area contributed by atoms with Gasteiger partial charge in [-0.2, -0.15) is 0 Å². The predicted octanol–water partition coefficient (Wildman–Crippen LogP) is 2.81. The molecule has 0 saturated heterocycles. The zero-order chi connectivity index (χ0) is 13.3. The number of rotatable bonds is 2. The third-order valence-corrected chi connectivity index (χ3v) is 2.95. The molecule has 1 atom stereocenters. The van der Waals surface area contributed by atoms with Crippen molar-refractivity contribution in [3.8, 4) is 0 Å². The van der Waals surface area contributed by atoms with Crippen LogP contribution in [-0.4, -0.2) is 12.8 Å². The largest absolute Gasteiger partial charge is 0.248 e. The Morgan fingerprint density at radius 1 is 1.17 bits per heavy atom. The Bertz CT molecular complexity index is 536. The van der Waals surface area contributed by atoms with E-state index in [1.807, 2.05) is 0 Å². The average Bonchev–Trinajstić information content (AvgIpc) is 2.25. The first-order valence-corrected chi connectivity index (χ1v) is 5.57. The minimum atomic E-state index is -1.95. The van der Waals surface area contributed by atoms with Gasteiger partial charge in [-0.25, -0.2) is 17.6 Å². The summed E-state index contributed by atoms with van der Waals surface area (Å²) >= 11 is 0. The van der Waals surface area contributed by atoms with Crippen LogP contribution < -0.4 is 5.46 Å². The lowest BCUT2D eigenvalue weighted by Gasteiger charge is -2.22. The van der Waals surface area contributed by atoms with E-state index in [0.717, 1.165) is 6.07 Å². The van der Waals surface area contributed by atoms with Crippen LogP contribution in [0.5, 0.6) is 0 Å². The van der Waals surface area contributed by atoms with Gasteiger partial charge in [-0.1, -0.05) is 18.2 Å². The minimum absolute atomic E-state index is 0.0516. The molecule has 0 heterocycles. The van der Waals surface area contributed by atoms with Crippen LogP contribution in [0.3, 0.4) is 0 Å². The third-order valence-electron chi connectivity index (χ3n) is 2.95. The molecule has 94 valence electrons.